The van der Waals surface area contributed by atoms with Crippen molar-refractivity contribution < 1.29 is 36.6 Å². The van der Waals surface area contributed by atoms with E-state index >= 15 is 0 Å². The Morgan fingerprint density at radius 2 is 1.63 bits per heavy atom. The van der Waals surface area contributed by atoms with E-state index < -0.39 is 28.9 Å². The highest BCUT2D eigenvalue weighted by Gasteiger charge is 2.39. The fraction of sp³-hybridized carbons (Fsp3) is 0.154. The molecule has 0 saturated heterocycles. The van der Waals surface area contributed by atoms with Gasteiger partial charge >= 0.3 is 12.1 Å². The number of carbonyl (C=O) groups is 1. The Kier molecular flexibility index (Phi) is 6.26. The average molecular weight is 484 g/mol. The summed E-state index contributed by atoms with van der Waals surface area (Å²) < 4.78 is 62.7. The second-order valence-corrected chi connectivity index (χ2v) is 7.57. The summed E-state index contributed by atoms with van der Waals surface area (Å²) in [6, 6.07) is 14.3. The first-order chi connectivity index (χ1) is 16.6. The van der Waals surface area contributed by atoms with E-state index in [1.165, 1.54) is 44.6 Å². The molecule has 4 rings (SSSR count). The van der Waals surface area contributed by atoms with Crippen molar-refractivity contribution in [2.24, 2.45) is 0 Å². The van der Waals surface area contributed by atoms with Gasteiger partial charge in [-0.25, -0.2) is 4.79 Å². The number of esters is 1. The van der Waals surface area contributed by atoms with Crippen molar-refractivity contribution in [2.45, 2.75) is 13.1 Å². The van der Waals surface area contributed by atoms with E-state index in [0.29, 0.717) is 11.1 Å². The van der Waals surface area contributed by atoms with E-state index in [9.17, 15) is 22.8 Å². The van der Waals surface area contributed by atoms with Gasteiger partial charge in [0.05, 0.1) is 30.7 Å². The van der Waals surface area contributed by atoms with Gasteiger partial charge in [0.15, 0.2) is 11.5 Å². The fourth-order valence-electron chi connectivity index (χ4n) is 3.65. The minimum Gasteiger partial charge on any atom is -0.493 e. The second-order valence-electron chi connectivity index (χ2n) is 7.57. The lowest BCUT2D eigenvalue weighted by molar-refractivity contribution is -0.152. The van der Waals surface area contributed by atoms with Crippen LogP contribution in [0.25, 0.3) is 22.1 Å². The zero-order chi connectivity index (χ0) is 25.3. The zero-order valence-corrected chi connectivity index (χ0v) is 18.9. The standard InChI is InChI=1S/C26H19F3O6/c1-14-6-4-5-7-17(14)25(31)34-16-9-10-18-20(13-16)35-24(26(27,28)29)22(23(18)30)15-8-11-19(32-2)21(12-15)33-3/h4-13H,1-3H3. The molecule has 0 saturated carbocycles. The van der Waals surface area contributed by atoms with E-state index in [-0.39, 0.29) is 33.8 Å². The summed E-state index contributed by atoms with van der Waals surface area (Å²) in [7, 11) is 2.71. The Balaban J connectivity index is 1.85. The molecule has 0 fully saturated rings. The number of benzene rings is 3. The van der Waals surface area contributed by atoms with Gasteiger partial charge in [0.1, 0.15) is 11.3 Å². The van der Waals surface area contributed by atoms with Crippen LogP contribution in [0.5, 0.6) is 17.2 Å². The molecule has 4 aromatic rings. The molecule has 9 heteroatoms. The first kappa shape index (κ1) is 23.9. The van der Waals surface area contributed by atoms with Crippen LogP contribution in [0.3, 0.4) is 0 Å². The van der Waals surface area contributed by atoms with Gasteiger partial charge in [-0.2, -0.15) is 13.2 Å². The third kappa shape index (κ3) is 4.57. The predicted octanol–water partition coefficient (Wildman–Crippen LogP) is 6.02. The van der Waals surface area contributed by atoms with Crippen molar-refractivity contribution >= 4 is 16.9 Å². The molecule has 0 bridgehead atoms. The predicted molar refractivity (Wildman–Crippen MR) is 122 cm³/mol. The lowest BCUT2D eigenvalue weighted by Gasteiger charge is -2.15. The summed E-state index contributed by atoms with van der Waals surface area (Å²) in [5, 5.41) is -0.113. The number of alkyl halides is 3. The molecule has 6 nitrogen and oxygen atoms in total. The third-order valence-corrected chi connectivity index (χ3v) is 5.37. The highest BCUT2D eigenvalue weighted by Crippen LogP contribution is 2.40. The van der Waals surface area contributed by atoms with Crippen LogP contribution in [0.4, 0.5) is 13.2 Å². The first-order valence-electron chi connectivity index (χ1n) is 10.3. The summed E-state index contributed by atoms with van der Waals surface area (Å²) in [6.45, 7) is 1.72. The first-order valence-corrected chi connectivity index (χ1v) is 10.3. The molecule has 0 radical (unpaired) electrons. The van der Waals surface area contributed by atoms with Gasteiger partial charge in [0.2, 0.25) is 11.2 Å². The van der Waals surface area contributed by atoms with Crippen molar-refractivity contribution in [2.75, 3.05) is 14.2 Å². The maximum Gasteiger partial charge on any atom is 0.450 e. The van der Waals surface area contributed by atoms with E-state index in [1.54, 1.807) is 31.2 Å². The smallest absolute Gasteiger partial charge is 0.450 e. The van der Waals surface area contributed by atoms with Gasteiger partial charge in [-0.15, -0.1) is 0 Å². The fourth-order valence-corrected chi connectivity index (χ4v) is 3.65. The van der Waals surface area contributed by atoms with Crippen LogP contribution in [0.1, 0.15) is 21.7 Å². The Morgan fingerprint density at radius 3 is 2.29 bits per heavy atom. The largest absolute Gasteiger partial charge is 0.493 e. The van der Waals surface area contributed by atoms with E-state index in [0.717, 1.165) is 6.07 Å². The lowest BCUT2D eigenvalue weighted by atomic mass is 10.0. The molecule has 180 valence electrons. The zero-order valence-electron chi connectivity index (χ0n) is 18.9. The number of aryl methyl sites for hydroxylation is 1. The van der Waals surface area contributed by atoms with E-state index in [2.05, 4.69) is 0 Å². The quantitative estimate of drug-likeness (QED) is 0.255. The van der Waals surface area contributed by atoms with Crippen molar-refractivity contribution in [3.8, 4) is 28.4 Å². The summed E-state index contributed by atoms with van der Waals surface area (Å²) in [6.07, 6.45) is -4.98. The maximum atomic E-state index is 14.0. The maximum absolute atomic E-state index is 14.0. The Labute approximate surface area is 197 Å². The van der Waals surface area contributed by atoms with Crippen molar-refractivity contribution in [3.05, 3.63) is 87.8 Å². The molecule has 0 aliphatic carbocycles. The van der Waals surface area contributed by atoms with Crippen molar-refractivity contribution in [1.29, 1.82) is 0 Å². The number of fused-ring (bicyclic) bond motifs is 1. The van der Waals surface area contributed by atoms with Gasteiger partial charge in [0.25, 0.3) is 0 Å². The number of hydrogen-bond acceptors (Lipinski definition) is 6. The van der Waals surface area contributed by atoms with Gasteiger partial charge in [-0.05, 0) is 48.4 Å². The Morgan fingerprint density at radius 1 is 0.914 bits per heavy atom. The minimum atomic E-state index is -4.98. The van der Waals surface area contributed by atoms with Gasteiger partial charge < -0.3 is 18.6 Å². The van der Waals surface area contributed by atoms with Gasteiger partial charge in [-0.3, -0.25) is 4.79 Å². The van der Waals surface area contributed by atoms with Crippen LogP contribution in [0.15, 0.2) is 69.9 Å². The molecule has 1 aromatic heterocycles. The number of methoxy groups -OCH3 is 2. The topological polar surface area (TPSA) is 75.0 Å². The third-order valence-electron chi connectivity index (χ3n) is 5.37. The van der Waals surface area contributed by atoms with Crippen molar-refractivity contribution in [1.82, 2.24) is 0 Å². The number of halogens is 3. The van der Waals surface area contributed by atoms with Crippen LogP contribution in [-0.2, 0) is 6.18 Å². The molecule has 0 spiro atoms. The molecule has 0 unspecified atom stereocenters. The van der Waals surface area contributed by atoms with Crippen molar-refractivity contribution in [3.63, 3.8) is 0 Å². The Bertz CT molecular complexity index is 1490. The normalized spacial score (nSPS) is 11.4. The minimum absolute atomic E-state index is 0.0549. The number of hydrogen-bond donors (Lipinski definition) is 0. The molecular formula is C26H19F3O6. The molecule has 3 aromatic carbocycles. The van der Waals surface area contributed by atoms with E-state index in [1.807, 2.05) is 0 Å². The molecule has 0 aliphatic heterocycles. The van der Waals surface area contributed by atoms with Crippen LogP contribution in [0.2, 0.25) is 0 Å². The highest BCUT2D eigenvalue weighted by atomic mass is 19.4. The average Bonchev–Trinajstić information content (AvgIpc) is 2.83. The second kappa shape index (κ2) is 9.17. The van der Waals surface area contributed by atoms with Crippen LogP contribution >= 0.6 is 0 Å². The monoisotopic (exact) mass is 484 g/mol. The summed E-state index contributed by atoms with van der Waals surface area (Å²) in [5.74, 6) is -1.81. The van der Waals surface area contributed by atoms with Gasteiger partial charge in [0, 0.05) is 6.07 Å². The summed E-state index contributed by atoms with van der Waals surface area (Å²) in [4.78, 5) is 25.7. The molecular weight excluding hydrogens is 465 g/mol. The molecule has 0 atom stereocenters. The number of ether oxygens (including phenoxy) is 3. The highest BCUT2D eigenvalue weighted by molar-refractivity contribution is 5.93. The number of carbonyl (C=O) groups excluding carboxylic acids is 1. The Hall–Kier alpha value is -4.27. The van der Waals surface area contributed by atoms with Crippen LogP contribution < -0.4 is 19.6 Å². The molecule has 0 amide bonds. The van der Waals surface area contributed by atoms with Crippen LogP contribution in [0, 0.1) is 6.92 Å². The summed E-state index contributed by atoms with van der Waals surface area (Å²) in [5.41, 5.74) is -1.03. The SMILES string of the molecule is COc1ccc(-c2c(C(F)(F)F)oc3cc(OC(=O)c4ccccc4C)ccc3c2=O)cc1OC. The van der Waals surface area contributed by atoms with E-state index in [4.69, 9.17) is 18.6 Å². The molecule has 1 heterocycles. The number of rotatable bonds is 5. The van der Waals surface area contributed by atoms with Gasteiger partial charge in [-0.1, -0.05) is 24.3 Å². The molecule has 0 N–H and O–H groups in total. The molecule has 0 aliphatic rings. The lowest BCUT2D eigenvalue weighted by Crippen LogP contribution is -2.16. The van der Waals surface area contributed by atoms with Crippen LogP contribution in [-0.4, -0.2) is 20.2 Å². The molecule has 35 heavy (non-hydrogen) atoms. The summed E-state index contributed by atoms with van der Waals surface area (Å²) >= 11 is 0.